The Morgan fingerprint density at radius 2 is 2.13 bits per heavy atom. The number of carbonyl (C=O) groups excluding carboxylic acids is 1. The molecule has 0 aliphatic rings. The second-order valence-corrected chi connectivity index (χ2v) is 5.59. The van der Waals surface area contributed by atoms with Crippen molar-refractivity contribution in [3.8, 4) is 0 Å². The standard InChI is InChI=1S/C16H21N5O2/c1-11-8-13(3)21(16(23)20-11)7-4-15(22)19-12(2)9-14-10-17-5-6-18-14/h5-6,8,10,12H,4,7,9H2,1-3H3,(H,19,22). The zero-order valence-corrected chi connectivity index (χ0v) is 13.6. The fourth-order valence-corrected chi connectivity index (χ4v) is 2.41. The second kappa shape index (κ2) is 7.62. The Labute approximate surface area is 134 Å². The lowest BCUT2D eigenvalue weighted by atomic mass is 10.2. The maximum Gasteiger partial charge on any atom is 0.347 e. The predicted molar refractivity (Wildman–Crippen MR) is 85.9 cm³/mol. The average Bonchev–Trinajstić information content (AvgIpc) is 2.46. The largest absolute Gasteiger partial charge is 0.353 e. The predicted octanol–water partition coefficient (Wildman–Crippen LogP) is 0.788. The first-order valence-corrected chi connectivity index (χ1v) is 7.55. The van der Waals surface area contributed by atoms with Crippen LogP contribution in [0.1, 0.15) is 30.4 Å². The van der Waals surface area contributed by atoms with Crippen molar-refractivity contribution in [1.29, 1.82) is 0 Å². The Morgan fingerprint density at radius 1 is 1.35 bits per heavy atom. The van der Waals surface area contributed by atoms with Gasteiger partial charge in [-0.05, 0) is 26.8 Å². The molecule has 122 valence electrons. The number of hydrogen-bond donors (Lipinski definition) is 1. The zero-order chi connectivity index (χ0) is 16.8. The normalized spacial score (nSPS) is 12.0. The summed E-state index contributed by atoms with van der Waals surface area (Å²) in [6.07, 6.45) is 5.77. The van der Waals surface area contributed by atoms with E-state index in [2.05, 4.69) is 20.3 Å². The van der Waals surface area contributed by atoms with E-state index in [9.17, 15) is 9.59 Å². The van der Waals surface area contributed by atoms with Crippen molar-refractivity contribution in [2.24, 2.45) is 0 Å². The number of rotatable bonds is 6. The molecule has 0 radical (unpaired) electrons. The van der Waals surface area contributed by atoms with Crippen LogP contribution >= 0.6 is 0 Å². The molecule has 0 aromatic carbocycles. The molecule has 1 N–H and O–H groups in total. The summed E-state index contributed by atoms with van der Waals surface area (Å²) < 4.78 is 1.51. The maximum absolute atomic E-state index is 12.0. The molecule has 1 atom stereocenters. The van der Waals surface area contributed by atoms with E-state index < -0.39 is 0 Å². The van der Waals surface area contributed by atoms with E-state index in [1.165, 1.54) is 4.57 Å². The van der Waals surface area contributed by atoms with E-state index >= 15 is 0 Å². The Balaban J connectivity index is 1.87. The van der Waals surface area contributed by atoms with Crippen molar-refractivity contribution >= 4 is 5.91 Å². The fourth-order valence-electron chi connectivity index (χ4n) is 2.41. The minimum atomic E-state index is -0.317. The van der Waals surface area contributed by atoms with Crippen molar-refractivity contribution < 1.29 is 4.79 Å². The van der Waals surface area contributed by atoms with E-state index in [0.29, 0.717) is 18.7 Å². The maximum atomic E-state index is 12.0. The first-order chi connectivity index (χ1) is 11.0. The molecule has 0 fully saturated rings. The highest BCUT2D eigenvalue weighted by Gasteiger charge is 2.10. The summed E-state index contributed by atoms with van der Waals surface area (Å²) >= 11 is 0. The number of aryl methyl sites for hydroxylation is 2. The van der Waals surface area contributed by atoms with Gasteiger partial charge in [0.15, 0.2) is 0 Å². The van der Waals surface area contributed by atoms with Gasteiger partial charge in [-0.1, -0.05) is 0 Å². The highest BCUT2D eigenvalue weighted by Crippen LogP contribution is 2.00. The number of hydrogen-bond acceptors (Lipinski definition) is 5. The first kappa shape index (κ1) is 16.8. The van der Waals surface area contributed by atoms with Crippen LogP contribution in [0.5, 0.6) is 0 Å². The van der Waals surface area contributed by atoms with Crippen LogP contribution in [0.2, 0.25) is 0 Å². The van der Waals surface area contributed by atoms with E-state index in [-0.39, 0.29) is 24.1 Å². The minimum absolute atomic E-state index is 0.0480. The van der Waals surface area contributed by atoms with Crippen molar-refractivity contribution in [2.45, 2.75) is 46.2 Å². The summed E-state index contributed by atoms with van der Waals surface area (Å²) in [6.45, 7) is 5.85. The Hall–Kier alpha value is -2.57. The molecule has 0 bridgehead atoms. The average molecular weight is 315 g/mol. The number of nitrogens with zero attached hydrogens (tertiary/aromatic N) is 4. The van der Waals surface area contributed by atoms with Crippen LogP contribution in [0.4, 0.5) is 0 Å². The van der Waals surface area contributed by atoms with Gasteiger partial charge < -0.3 is 5.32 Å². The molecule has 7 heteroatoms. The number of nitrogens with one attached hydrogen (secondary N) is 1. The van der Waals surface area contributed by atoms with Crippen LogP contribution in [0.15, 0.2) is 29.5 Å². The Bertz CT molecular complexity index is 727. The van der Waals surface area contributed by atoms with E-state index in [1.54, 1.807) is 25.5 Å². The second-order valence-electron chi connectivity index (χ2n) is 5.59. The van der Waals surface area contributed by atoms with Gasteiger partial charge in [0.25, 0.3) is 0 Å². The summed E-state index contributed by atoms with van der Waals surface area (Å²) in [7, 11) is 0. The molecule has 7 nitrogen and oxygen atoms in total. The molecule has 0 saturated carbocycles. The molecule has 2 heterocycles. The number of amides is 1. The summed E-state index contributed by atoms with van der Waals surface area (Å²) in [4.78, 5) is 35.9. The molecule has 0 spiro atoms. The van der Waals surface area contributed by atoms with Gasteiger partial charge in [0.05, 0.1) is 5.69 Å². The van der Waals surface area contributed by atoms with Crippen molar-refractivity contribution in [2.75, 3.05) is 0 Å². The summed E-state index contributed by atoms with van der Waals surface area (Å²) in [6, 6.07) is 1.78. The highest BCUT2D eigenvalue weighted by molar-refractivity contribution is 5.76. The molecule has 0 saturated heterocycles. The molecule has 2 aromatic rings. The minimum Gasteiger partial charge on any atom is -0.353 e. The third-order valence-electron chi connectivity index (χ3n) is 3.45. The molecule has 0 aliphatic heterocycles. The first-order valence-electron chi connectivity index (χ1n) is 7.55. The molecule has 1 unspecified atom stereocenters. The van der Waals surface area contributed by atoms with E-state index in [0.717, 1.165) is 11.4 Å². The van der Waals surface area contributed by atoms with E-state index in [1.807, 2.05) is 19.9 Å². The Morgan fingerprint density at radius 3 is 2.78 bits per heavy atom. The quantitative estimate of drug-likeness (QED) is 0.851. The monoisotopic (exact) mass is 315 g/mol. The van der Waals surface area contributed by atoms with Crippen LogP contribution in [0.3, 0.4) is 0 Å². The van der Waals surface area contributed by atoms with Crippen LogP contribution in [0.25, 0.3) is 0 Å². The number of carbonyl (C=O) groups is 1. The Kier molecular flexibility index (Phi) is 5.56. The molecular formula is C16H21N5O2. The third-order valence-corrected chi connectivity index (χ3v) is 3.45. The molecular weight excluding hydrogens is 294 g/mol. The zero-order valence-electron chi connectivity index (χ0n) is 13.6. The number of aromatic nitrogens is 4. The van der Waals surface area contributed by atoms with E-state index in [4.69, 9.17) is 0 Å². The van der Waals surface area contributed by atoms with Crippen LogP contribution in [0, 0.1) is 13.8 Å². The van der Waals surface area contributed by atoms with Crippen molar-refractivity contribution in [3.05, 3.63) is 52.2 Å². The molecule has 2 rings (SSSR count). The van der Waals surface area contributed by atoms with Gasteiger partial charge in [-0.3, -0.25) is 19.3 Å². The highest BCUT2D eigenvalue weighted by atomic mass is 16.2. The fraction of sp³-hybridized carbons (Fsp3) is 0.438. The van der Waals surface area contributed by atoms with Gasteiger partial charge >= 0.3 is 5.69 Å². The lowest BCUT2D eigenvalue weighted by molar-refractivity contribution is -0.121. The summed E-state index contributed by atoms with van der Waals surface area (Å²) in [5, 5.41) is 2.91. The van der Waals surface area contributed by atoms with Gasteiger partial charge in [0.2, 0.25) is 5.91 Å². The summed E-state index contributed by atoms with van der Waals surface area (Å²) in [5.41, 5.74) is 2.01. The lowest BCUT2D eigenvalue weighted by Gasteiger charge is -2.14. The van der Waals surface area contributed by atoms with Gasteiger partial charge in [-0.25, -0.2) is 4.79 Å². The van der Waals surface area contributed by atoms with Gasteiger partial charge in [0, 0.05) is 55.4 Å². The topological polar surface area (TPSA) is 89.8 Å². The van der Waals surface area contributed by atoms with Gasteiger partial charge in [0.1, 0.15) is 0 Å². The molecule has 1 amide bonds. The van der Waals surface area contributed by atoms with Crippen LogP contribution in [-0.4, -0.2) is 31.5 Å². The van der Waals surface area contributed by atoms with Crippen molar-refractivity contribution in [3.63, 3.8) is 0 Å². The van der Waals surface area contributed by atoms with Crippen LogP contribution in [-0.2, 0) is 17.8 Å². The van der Waals surface area contributed by atoms with Gasteiger partial charge in [-0.15, -0.1) is 0 Å². The van der Waals surface area contributed by atoms with Crippen LogP contribution < -0.4 is 11.0 Å². The molecule has 2 aromatic heterocycles. The smallest absolute Gasteiger partial charge is 0.347 e. The molecule has 0 aliphatic carbocycles. The molecule has 23 heavy (non-hydrogen) atoms. The van der Waals surface area contributed by atoms with Gasteiger partial charge in [-0.2, -0.15) is 4.98 Å². The lowest BCUT2D eigenvalue weighted by Crippen LogP contribution is -2.36. The summed E-state index contributed by atoms with van der Waals surface area (Å²) in [5.74, 6) is -0.103. The SMILES string of the molecule is Cc1cc(C)n(CCC(=O)NC(C)Cc2cnccn2)c(=O)n1. The van der Waals surface area contributed by atoms with Crippen molar-refractivity contribution in [1.82, 2.24) is 24.8 Å². The third kappa shape index (κ3) is 4.98.